The van der Waals surface area contributed by atoms with E-state index in [-0.39, 0.29) is 6.54 Å². The number of amides is 1. The summed E-state index contributed by atoms with van der Waals surface area (Å²) in [5.74, 6) is 0. The summed E-state index contributed by atoms with van der Waals surface area (Å²) >= 11 is 0. The van der Waals surface area contributed by atoms with Crippen molar-refractivity contribution in [2.45, 2.75) is 225 Å². The Hall–Kier alpha value is -0.850. The van der Waals surface area contributed by atoms with E-state index in [0.717, 1.165) is 43.4 Å². The average Bonchev–Trinajstić information content (AvgIpc) is 3.01. The number of aliphatic hydroxyl groups excluding tert-OH is 3. The SMILES string of the molecule is CCCCCCCCCCCCCCCCOC(=O)N(CC(O)C(O)CCCCCCCCCCCCCCCC)C(C)O. The van der Waals surface area contributed by atoms with Gasteiger partial charge in [-0.25, -0.2) is 4.79 Å². The molecule has 3 N–H and O–H groups in total. The predicted octanol–water partition coefficient (Wildman–Crippen LogP) is 10.8. The van der Waals surface area contributed by atoms with Gasteiger partial charge in [0.2, 0.25) is 0 Å². The second-order valence-electron chi connectivity index (χ2n) is 13.5. The molecule has 0 aromatic heterocycles. The predicted molar refractivity (Wildman–Crippen MR) is 187 cm³/mol. The van der Waals surface area contributed by atoms with E-state index in [1.165, 1.54) is 148 Å². The number of carbonyl (C=O) groups is 1. The van der Waals surface area contributed by atoms with Gasteiger partial charge in [-0.1, -0.05) is 187 Å². The Balaban J connectivity index is 3.76. The summed E-state index contributed by atoms with van der Waals surface area (Å²) in [6, 6.07) is 0. The first-order chi connectivity index (χ1) is 21.4. The smallest absolute Gasteiger partial charge is 0.411 e. The Morgan fingerprint density at radius 3 is 1.16 bits per heavy atom. The van der Waals surface area contributed by atoms with Crippen molar-refractivity contribution in [1.82, 2.24) is 4.90 Å². The highest BCUT2D eigenvalue weighted by Gasteiger charge is 2.26. The molecule has 1 amide bonds. The van der Waals surface area contributed by atoms with Gasteiger partial charge in [-0.05, 0) is 19.8 Å². The highest BCUT2D eigenvalue weighted by atomic mass is 16.6. The lowest BCUT2D eigenvalue weighted by Crippen LogP contribution is -2.46. The molecule has 6 nitrogen and oxygen atoms in total. The van der Waals surface area contributed by atoms with Gasteiger partial charge >= 0.3 is 6.09 Å². The summed E-state index contributed by atoms with van der Waals surface area (Å²) in [7, 11) is 0. The van der Waals surface area contributed by atoms with Gasteiger partial charge in [-0.2, -0.15) is 0 Å². The first kappa shape index (κ1) is 43.1. The van der Waals surface area contributed by atoms with E-state index >= 15 is 0 Å². The second-order valence-corrected chi connectivity index (χ2v) is 13.5. The number of hydrogen-bond acceptors (Lipinski definition) is 5. The number of carbonyl (C=O) groups excluding carboxylic acids is 1. The van der Waals surface area contributed by atoms with Crippen molar-refractivity contribution in [1.29, 1.82) is 0 Å². The average molecular weight is 628 g/mol. The maximum Gasteiger partial charge on any atom is 0.411 e. The molecule has 0 saturated carbocycles. The van der Waals surface area contributed by atoms with Crippen LogP contribution in [0.4, 0.5) is 4.79 Å². The van der Waals surface area contributed by atoms with Crippen LogP contribution in [-0.2, 0) is 4.74 Å². The quantitative estimate of drug-likeness (QED) is 0.0488. The van der Waals surface area contributed by atoms with Gasteiger partial charge in [0.15, 0.2) is 0 Å². The Kier molecular flexibility index (Phi) is 32.9. The molecule has 0 aliphatic rings. The Bertz CT molecular complexity index is 588. The normalized spacial score (nSPS) is 13.6. The fourth-order valence-electron chi connectivity index (χ4n) is 5.98. The van der Waals surface area contributed by atoms with Crippen LogP contribution in [0.3, 0.4) is 0 Å². The molecule has 6 heteroatoms. The second kappa shape index (κ2) is 33.5. The first-order valence-electron chi connectivity index (χ1n) is 19.4. The minimum atomic E-state index is -1.10. The number of nitrogens with zero attached hydrogens (tertiary/aromatic N) is 1. The summed E-state index contributed by atoms with van der Waals surface area (Å²) in [6.07, 6.45) is 32.5. The zero-order chi connectivity index (χ0) is 32.5. The van der Waals surface area contributed by atoms with E-state index in [1.807, 2.05) is 0 Å². The van der Waals surface area contributed by atoms with Crippen molar-refractivity contribution in [2.75, 3.05) is 13.2 Å². The molecule has 0 bridgehead atoms. The van der Waals surface area contributed by atoms with Crippen LogP contribution >= 0.6 is 0 Å². The van der Waals surface area contributed by atoms with Crippen molar-refractivity contribution in [3.05, 3.63) is 0 Å². The monoisotopic (exact) mass is 628 g/mol. The van der Waals surface area contributed by atoms with Crippen LogP contribution in [0, 0.1) is 0 Å². The van der Waals surface area contributed by atoms with Gasteiger partial charge in [0.05, 0.1) is 25.4 Å². The molecule has 0 rings (SSSR count). The maximum atomic E-state index is 12.5. The highest BCUT2D eigenvalue weighted by Crippen LogP contribution is 2.16. The molecule has 0 spiro atoms. The molecule has 3 unspecified atom stereocenters. The largest absolute Gasteiger partial charge is 0.449 e. The van der Waals surface area contributed by atoms with Crippen LogP contribution in [-0.4, -0.2) is 57.9 Å². The van der Waals surface area contributed by atoms with Gasteiger partial charge in [-0.3, -0.25) is 4.90 Å². The highest BCUT2D eigenvalue weighted by molar-refractivity contribution is 5.67. The summed E-state index contributed by atoms with van der Waals surface area (Å²) < 4.78 is 5.37. The number of ether oxygens (including phenoxy) is 1. The van der Waals surface area contributed by atoms with Crippen molar-refractivity contribution < 1.29 is 24.9 Å². The standard InChI is InChI=1S/C38H77NO5/c1-4-6-8-10-12-14-16-18-20-22-24-26-28-30-32-36(41)37(42)34-39(35(3)40)38(43)44-33-31-29-27-25-23-21-19-17-15-13-11-9-7-5-2/h35-37,40-42H,4-34H2,1-3H3. The van der Waals surface area contributed by atoms with Crippen molar-refractivity contribution in [3.63, 3.8) is 0 Å². The first-order valence-corrected chi connectivity index (χ1v) is 19.4. The van der Waals surface area contributed by atoms with Crippen molar-refractivity contribution in [2.24, 2.45) is 0 Å². The van der Waals surface area contributed by atoms with E-state index < -0.39 is 24.5 Å². The van der Waals surface area contributed by atoms with Gasteiger partial charge in [-0.15, -0.1) is 0 Å². The van der Waals surface area contributed by atoms with E-state index in [1.54, 1.807) is 0 Å². The van der Waals surface area contributed by atoms with Crippen LogP contribution < -0.4 is 0 Å². The van der Waals surface area contributed by atoms with E-state index in [9.17, 15) is 20.1 Å². The van der Waals surface area contributed by atoms with Crippen LogP contribution in [0.25, 0.3) is 0 Å². The molecule has 0 radical (unpaired) electrons. The lowest BCUT2D eigenvalue weighted by atomic mass is 10.0. The third kappa shape index (κ3) is 28.6. The number of unbranched alkanes of at least 4 members (excludes halogenated alkanes) is 26. The van der Waals surface area contributed by atoms with E-state index in [4.69, 9.17) is 4.74 Å². The summed E-state index contributed by atoms with van der Waals surface area (Å²) in [6.45, 7) is 6.20. The molecule has 0 fully saturated rings. The molecule has 0 aliphatic carbocycles. The third-order valence-corrected chi connectivity index (χ3v) is 9.09. The lowest BCUT2D eigenvalue weighted by Gasteiger charge is -2.29. The van der Waals surface area contributed by atoms with E-state index in [0.29, 0.717) is 13.0 Å². The molecule has 0 aliphatic heterocycles. The zero-order valence-corrected chi connectivity index (χ0v) is 29.8. The topological polar surface area (TPSA) is 90.2 Å². The van der Waals surface area contributed by atoms with Gasteiger partial charge < -0.3 is 20.1 Å². The molecule has 0 saturated heterocycles. The van der Waals surface area contributed by atoms with Crippen molar-refractivity contribution in [3.8, 4) is 0 Å². The molecule has 44 heavy (non-hydrogen) atoms. The Morgan fingerprint density at radius 2 is 0.818 bits per heavy atom. The van der Waals surface area contributed by atoms with Crippen LogP contribution in [0.5, 0.6) is 0 Å². The number of aliphatic hydroxyl groups is 3. The lowest BCUT2D eigenvalue weighted by molar-refractivity contribution is -0.0461. The fraction of sp³-hybridized carbons (Fsp3) is 0.974. The van der Waals surface area contributed by atoms with Gasteiger partial charge in [0.25, 0.3) is 0 Å². The van der Waals surface area contributed by atoms with E-state index in [2.05, 4.69) is 13.8 Å². The minimum Gasteiger partial charge on any atom is -0.449 e. The van der Waals surface area contributed by atoms with Crippen LogP contribution in [0.15, 0.2) is 0 Å². The molecule has 0 aromatic rings. The minimum absolute atomic E-state index is 0.130. The van der Waals surface area contributed by atoms with Crippen LogP contribution in [0.2, 0.25) is 0 Å². The number of hydrogen-bond donors (Lipinski definition) is 3. The van der Waals surface area contributed by atoms with Gasteiger partial charge in [0, 0.05) is 0 Å². The maximum absolute atomic E-state index is 12.5. The molecular weight excluding hydrogens is 550 g/mol. The summed E-state index contributed by atoms with van der Waals surface area (Å²) in [4.78, 5) is 13.6. The van der Waals surface area contributed by atoms with Crippen molar-refractivity contribution >= 4 is 6.09 Å². The molecular formula is C38H77NO5. The number of rotatable bonds is 34. The molecule has 0 heterocycles. The summed E-state index contributed by atoms with van der Waals surface area (Å²) in [5.41, 5.74) is 0. The molecule has 264 valence electrons. The Morgan fingerprint density at radius 1 is 0.500 bits per heavy atom. The van der Waals surface area contributed by atoms with Gasteiger partial charge in [0.1, 0.15) is 6.23 Å². The zero-order valence-electron chi connectivity index (χ0n) is 29.8. The molecule has 0 aromatic carbocycles. The molecule has 3 atom stereocenters. The third-order valence-electron chi connectivity index (χ3n) is 9.09. The summed E-state index contributed by atoms with van der Waals surface area (Å²) in [5, 5.41) is 31.0. The van der Waals surface area contributed by atoms with Crippen LogP contribution in [0.1, 0.15) is 207 Å². The Labute approximate surface area is 274 Å². The fourth-order valence-corrected chi connectivity index (χ4v) is 5.98.